The topological polar surface area (TPSA) is 154 Å². The number of aliphatic hydroxyl groups excluding tert-OH is 5. The van der Waals surface area contributed by atoms with Gasteiger partial charge in [-0.3, -0.25) is 4.79 Å². The van der Waals surface area contributed by atoms with Crippen molar-refractivity contribution in [3.63, 3.8) is 0 Å². The zero-order valence-corrected chi connectivity index (χ0v) is 12.1. The van der Waals surface area contributed by atoms with Crippen LogP contribution in [0.3, 0.4) is 0 Å². The van der Waals surface area contributed by atoms with Gasteiger partial charge in [-0.2, -0.15) is 0 Å². The number of carbonyl (C=O) groups excluding carboxylic acids is 2. The number of esters is 1. The lowest BCUT2D eigenvalue weighted by Crippen LogP contribution is -2.46. The van der Waals surface area contributed by atoms with Crippen molar-refractivity contribution in [3.8, 4) is 0 Å². The van der Waals surface area contributed by atoms with Crippen LogP contribution in [0.25, 0.3) is 0 Å². The highest BCUT2D eigenvalue weighted by Crippen LogP contribution is 2.02. The summed E-state index contributed by atoms with van der Waals surface area (Å²) < 4.78 is 9.49. The zero-order valence-electron chi connectivity index (χ0n) is 12.1. The molecule has 0 spiro atoms. The Morgan fingerprint density at radius 3 is 2.10 bits per heavy atom. The van der Waals surface area contributed by atoms with E-state index in [4.69, 9.17) is 30.3 Å². The predicted molar refractivity (Wildman–Crippen MR) is 70.3 cm³/mol. The van der Waals surface area contributed by atoms with Gasteiger partial charge in [0.25, 0.3) is 0 Å². The second-order valence-electron chi connectivity index (χ2n) is 3.89. The second-order valence-corrected chi connectivity index (χ2v) is 3.89. The Hall–Kier alpha value is -1.10. The highest BCUT2D eigenvalue weighted by Gasteiger charge is 2.29. The van der Waals surface area contributed by atoms with E-state index in [9.17, 15) is 9.59 Å². The van der Waals surface area contributed by atoms with Gasteiger partial charge in [-0.05, 0) is 6.92 Å². The average Bonchev–Trinajstić information content (AvgIpc) is 2.48. The summed E-state index contributed by atoms with van der Waals surface area (Å²) in [5.74, 6) is -0.255. The van der Waals surface area contributed by atoms with Crippen LogP contribution >= 0.6 is 0 Å². The molecular formula is C12H24O9. The lowest BCUT2D eigenvalue weighted by molar-refractivity contribution is -0.142. The molecule has 0 aliphatic carbocycles. The van der Waals surface area contributed by atoms with Crippen molar-refractivity contribution >= 4 is 12.3 Å². The molecule has 0 amide bonds. The van der Waals surface area contributed by atoms with Gasteiger partial charge in [0.15, 0.2) is 6.29 Å². The third kappa shape index (κ3) is 12.4. The van der Waals surface area contributed by atoms with Crippen molar-refractivity contribution in [2.75, 3.05) is 26.4 Å². The van der Waals surface area contributed by atoms with E-state index in [0.29, 0.717) is 19.8 Å². The lowest BCUT2D eigenvalue weighted by Gasteiger charge is -2.22. The Morgan fingerprint density at radius 1 is 1.14 bits per heavy atom. The van der Waals surface area contributed by atoms with Crippen molar-refractivity contribution in [1.82, 2.24) is 0 Å². The van der Waals surface area contributed by atoms with E-state index in [1.165, 1.54) is 6.92 Å². The van der Waals surface area contributed by atoms with Gasteiger partial charge < -0.3 is 39.8 Å². The van der Waals surface area contributed by atoms with Crippen molar-refractivity contribution in [1.29, 1.82) is 0 Å². The first-order valence-electron chi connectivity index (χ1n) is 6.31. The van der Waals surface area contributed by atoms with E-state index >= 15 is 0 Å². The van der Waals surface area contributed by atoms with Crippen molar-refractivity contribution in [3.05, 3.63) is 0 Å². The molecule has 9 heteroatoms. The summed E-state index contributed by atoms with van der Waals surface area (Å²) in [6, 6.07) is 0. The van der Waals surface area contributed by atoms with Crippen LogP contribution in [-0.4, -0.2) is 88.6 Å². The maximum Gasteiger partial charge on any atom is 0.302 e. The number of ether oxygens (including phenoxy) is 2. The summed E-state index contributed by atoms with van der Waals surface area (Å²) in [5.41, 5.74) is 0. The van der Waals surface area contributed by atoms with E-state index in [-0.39, 0.29) is 12.3 Å². The number of aliphatic hydroxyl groups is 5. The summed E-state index contributed by atoms with van der Waals surface area (Å²) >= 11 is 0. The highest BCUT2D eigenvalue weighted by atomic mass is 16.6. The molecule has 0 bridgehead atoms. The summed E-state index contributed by atoms with van der Waals surface area (Å²) in [4.78, 5) is 20.0. The monoisotopic (exact) mass is 312 g/mol. The van der Waals surface area contributed by atoms with Gasteiger partial charge in [0.1, 0.15) is 31.0 Å². The van der Waals surface area contributed by atoms with E-state index in [1.807, 2.05) is 6.92 Å². The second kappa shape index (κ2) is 13.9. The fraction of sp³-hybridized carbons (Fsp3) is 0.833. The molecule has 0 aromatic rings. The Bertz CT molecular complexity index is 271. The number of carbonyl (C=O) groups is 2. The molecule has 0 aromatic heterocycles. The van der Waals surface area contributed by atoms with Crippen LogP contribution in [0.1, 0.15) is 13.8 Å². The summed E-state index contributed by atoms with van der Waals surface area (Å²) in [6.07, 6.45) is -6.84. The molecule has 0 aliphatic heterocycles. The van der Waals surface area contributed by atoms with Crippen LogP contribution in [-0.2, 0) is 19.1 Å². The molecule has 0 aromatic carbocycles. The first-order chi connectivity index (χ1) is 9.81. The lowest BCUT2D eigenvalue weighted by atomic mass is 10.0. The largest absolute Gasteiger partial charge is 0.463 e. The molecule has 0 rings (SSSR count). The molecule has 5 N–H and O–H groups in total. The molecule has 126 valence electrons. The molecule has 0 unspecified atom stereocenters. The fourth-order valence-corrected chi connectivity index (χ4v) is 1.01. The Morgan fingerprint density at radius 2 is 1.71 bits per heavy atom. The maximum atomic E-state index is 10.1. The maximum absolute atomic E-state index is 10.1. The Kier molecular flexibility index (Phi) is 14.6. The summed E-state index contributed by atoms with van der Waals surface area (Å²) in [5, 5.41) is 43.5. The van der Waals surface area contributed by atoms with E-state index in [2.05, 4.69) is 4.74 Å². The smallest absolute Gasteiger partial charge is 0.302 e. The number of hydrogen-bond acceptors (Lipinski definition) is 9. The minimum Gasteiger partial charge on any atom is -0.463 e. The van der Waals surface area contributed by atoms with E-state index in [1.54, 1.807) is 0 Å². The van der Waals surface area contributed by atoms with Crippen LogP contribution in [0.4, 0.5) is 0 Å². The van der Waals surface area contributed by atoms with Gasteiger partial charge in [0, 0.05) is 13.5 Å². The highest BCUT2D eigenvalue weighted by molar-refractivity contribution is 5.65. The van der Waals surface area contributed by atoms with Gasteiger partial charge in [-0.25, -0.2) is 0 Å². The van der Waals surface area contributed by atoms with Crippen LogP contribution in [0.2, 0.25) is 0 Å². The number of hydrogen-bond donors (Lipinski definition) is 5. The summed E-state index contributed by atoms with van der Waals surface area (Å²) in [6.45, 7) is 4.05. The van der Waals surface area contributed by atoms with E-state index in [0.717, 1.165) is 0 Å². The molecule has 9 nitrogen and oxygen atoms in total. The minimum atomic E-state index is -1.79. The first-order valence-corrected chi connectivity index (χ1v) is 6.31. The molecule has 0 saturated carbocycles. The third-order valence-electron chi connectivity index (χ3n) is 2.16. The predicted octanol–water partition coefficient (Wildman–Crippen LogP) is -2.79. The molecule has 0 radical (unpaired) electrons. The van der Waals surface area contributed by atoms with Gasteiger partial charge >= 0.3 is 5.97 Å². The zero-order chi connectivity index (χ0) is 16.8. The fourth-order valence-electron chi connectivity index (χ4n) is 1.01. The van der Waals surface area contributed by atoms with Crippen molar-refractivity contribution in [2.45, 2.75) is 38.3 Å². The van der Waals surface area contributed by atoms with Crippen LogP contribution in [0.5, 0.6) is 0 Å². The van der Waals surface area contributed by atoms with Crippen molar-refractivity contribution in [2.24, 2.45) is 0 Å². The molecule has 0 heterocycles. The molecular weight excluding hydrogens is 288 g/mol. The molecule has 4 atom stereocenters. The van der Waals surface area contributed by atoms with Gasteiger partial charge in [-0.15, -0.1) is 0 Å². The normalized spacial score (nSPS) is 16.0. The average molecular weight is 312 g/mol. The van der Waals surface area contributed by atoms with Crippen molar-refractivity contribution < 1.29 is 44.6 Å². The minimum absolute atomic E-state index is 0.0258. The molecule has 0 aliphatic rings. The summed E-state index contributed by atoms with van der Waals surface area (Å²) in [7, 11) is 0. The first kappa shape index (κ1) is 22.2. The van der Waals surface area contributed by atoms with Gasteiger partial charge in [-0.1, -0.05) is 0 Å². The van der Waals surface area contributed by atoms with E-state index < -0.39 is 31.0 Å². The number of aldehydes is 1. The van der Waals surface area contributed by atoms with Crippen LogP contribution in [0, 0.1) is 0 Å². The van der Waals surface area contributed by atoms with Crippen LogP contribution in [0.15, 0.2) is 0 Å². The molecule has 21 heavy (non-hydrogen) atoms. The van der Waals surface area contributed by atoms with Gasteiger partial charge in [0.05, 0.1) is 13.2 Å². The molecule has 0 saturated heterocycles. The SMILES string of the molecule is CCOCCOC(C)=O.O=C[C@H](O)[C@@H](O)[C@H](O)[C@H](O)CO. The van der Waals surface area contributed by atoms with Gasteiger partial charge in [0.2, 0.25) is 0 Å². The number of rotatable bonds is 9. The standard InChI is InChI=1S/C6H12O6.C6H12O3/c7-1-3(9)5(11)6(12)4(10)2-8;1-3-8-4-5-9-6(2)7/h1,3-6,8-12H,2H2;3-5H2,1-2H3/t3-,4+,5+,6+;/m0./s1. The Balaban J connectivity index is 0. The van der Waals surface area contributed by atoms with Crippen LogP contribution < -0.4 is 0 Å². The molecule has 0 fully saturated rings. The Labute approximate surface area is 122 Å². The quantitative estimate of drug-likeness (QED) is 0.173. The third-order valence-corrected chi connectivity index (χ3v) is 2.16.